The van der Waals surface area contributed by atoms with Crippen molar-refractivity contribution in [1.82, 2.24) is 0 Å². The van der Waals surface area contributed by atoms with Crippen molar-refractivity contribution in [3.05, 3.63) is 24.3 Å². The molecule has 238 valence electrons. The van der Waals surface area contributed by atoms with Gasteiger partial charge in [0.1, 0.15) is 0 Å². The zero-order chi connectivity index (χ0) is 33.0. The molecular weight excluding hydrogens is 650 g/mol. The van der Waals surface area contributed by atoms with Crippen molar-refractivity contribution in [1.29, 1.82) is 0 Å². The second-order valence-corrected chi connectivity index (χ2v) is 8.36. The fraction of sp³-hybridized carbons (Fsp3) is 0.556. The summed E-state index contributed by atoms with van der Waals surface area (Å²) >= 11 is 0. The van der Waals surface area contributed by atoms with Crippen LogP contribution in [0.3, 0.4) is 0 Å². The lowest BCUT2D eigenvalue weighted by atomic mass is 9.99. The summed E-state index contributed by atoms with van der Waals surface area (Å²) in [7, 11) is 0. The van der Waals surface area contributed by atoms with E-state index in [1.807, 2.05) is 0 Å². The number of carbonyl (C=O) groups excluding carboxylic acids is 2. The molecule has 2 atom stereocenters. The van der Waals surface area contributed by atoms with Crippen molar-refractivity contribution >= 4 is 23.2 Å². The molecule has 0 unspecified atom stereocenters. The highest BCUT2D eigenvalue weighted by molar-refractivity contribution is 6.00. The van der Waals surface area contributed by atoms with E-state index < -0.39 is 82.7 Å². The van der Waals surface area contributed by atoms with Crippen LogP contribution in [0.2, 0.25) is 0 Å². The Labute approximate surface area is 216 Å². The molecule has 0 saturated carbocycles. The smallest absolute Gasteiger partial charge is 0.321 e. The molecule has 2 amide bonds. The van der Waals surface area contributed by atoms with Gasteiger partial charge in [-0.15, -0.1) is 0 Å². The predicted octanol–water partition coefficient (Wildman–Crippen LogP) is 5.95. The minimum Gasteiger partial charge on any atom is -0.321 e. The summed E-state index contributed by atoms with van der Waals surface area (Å²) in [5, 5.41) is 1.48. The van der Waals surface area contributed by atoms with E-state index in [4.69, 9.17) is 0 Å². The number of rotatable bonds is 6. The lowest BCUT2D eigenvalue weighted by Gasteiger charge is -2.32. The molecular formula is C18H6F18N2O4. The van der Waals surface area contributed by atoms with Crippen molar-refractivity contribution in [2.24, 2.45) is 0 Å². The molecule has 2 aliphatic rings. The molecule has 3 rings (SSSR count). The summed E-state index contributed by atoms with van der Waals surface area (Å²) in [4.78, 5) is 23.5. The van der Waals surface area contributed by atoms with Crippen LogP contribution in [0.25, 0.3) is 0 Å². The minimum absolute atomic E-state index is 0.0640. The molecule has 6 nitrogen and oxygen atoms in total. The number of alkyl halides is 18. The molecule has 2 saturated heterocycles. The van der Waals surface area contributed by atoms with E-state index in [2.05, 4.69) is 9.47 Å². The van der Waals surface area contributed by atoms with Gasteiger partial charge < -0.3 is 10.6 Å². The van der Waals surface area contributed by atoms with Gasteiger partial charge in [0.2, 0.25) is 0 Å². The van der Waals surface area contributed by atoms with Crippen LogP contribution in [-0.4, -0.2) is 71.3 Å². The minimum atomic E-state index is -7.09. The molecule has 2 aliphatic heterocycles. The number of hydrogen-bond donors (Lipinski definition) is 2. The number of anilines is 2. The normalized spacial score (nSPS) is 30.5. The second-order valence-electron chi connectivity index (χ2n) is 8.36. The maximum atomic E-state index is 14.3. The van der Waals surface area contributed by atoms with Crippen molar-refractivity contribution in [3.63, 3.8) is 0 Å². The third kappa shape index (κ3) is 3.85. The summed E-state index contributed by atoms with van der Waals surface area (Å²) in [6.45, 7) is 0. The first-order valence-electron chi connectivity index (χ1n) is 9.95. The van der Waals surface area contributed by atoms with Gasteiger partial charge in [-0.05, 0) is 18.2 Å². The van der Waals surface area contributed by atoms with Crippen LogP contribution in [0.5, 0.6) is 0 Å². The number of amides is 2. The van der Waals surface area contributed by atoms with Crippen molar-refractivity contribution in [3.8, 4) is 0 Å². The summed E-state index contributed by atoms with van der Waals surface area (Å²) in [5.41, 5.74) is -2.75. The van der Waals surface area contributed by atoms with Crippen molar-refractivity contribution in [2.45, 2.75) is 59.5 Å². The summed E-state index contributed by atoms with van der Waals surface area (Å²) in [6, 6.07) is 0.987. The Kier molecular flexibility index (Phi) is 6.89. The molecule has 2 fully saturated rings. The fourth-order valence-electron chi connectivity index (χ4n) is 3.29. The maximum absolute atomic E-state index is 14.3. The third-order valence-corrected chi connectivity index (χ3v) is 5.62. The molecule has 0 aliphatic carbocycles. The molecule has 0 radical (unpaired) electrons. The van der Waals surface area contributed by atoms with Gasteiger partial charge in [0.25, 0.3) is 0 Å². The Morgan fingerprint density at radius 1 is 0.548 bits per heavy atom. The number of hydrogen-bond acceptors (Lipinski definition) is 4. The monoisotopic (exact) mass is 656 g/mol. The van der Waals surface area contributed by atoms with Gasteiger partial charge in [-0.1, -0.05) is 6.07 Å². The Morgan fingerprint density at radius 3 is 1.07 bits per heavy atom. The standard InChI is InChI=1S/C18H6F18N2O4/c19-9(20,15(31)11(23,24)13(27,28)17(33,34)41-15)7(39)37-5-2-1-3-6(4-5)38-8(40)10(21,22)16(32)12(25,26)14(29,30)18(35,36)42-16/h1-4H,(H,37,39)(H,38,40)/t15-,16-/m1/s1. The highest BCUT2D eigenvalue weighted by Gasteiger charge is 2.97. The SMILES string of the molecule is O=C(Nc1cccc(NC(=O)C(F)(F)[C@@]2(F)OC(F)(F)C(F)(F)C2(F)F)c1)C(F)(F)[C@@]1(F)OC(F)(F)C(F)(F)C1(F)F. The van der Waals surface area contributed by atoms with E-state index >= 15 is 0 Å². The number of carbonyl (C=O) groups is 2. The first-order chi connectivity index (χ1) is 18.4. The molecule has 24 heteroatoms. The molecule has 0 spiro atoms. The fourth-order valence-corrected chi connectivity index (χ4v) is 3.29. The van der Waals surface area contributed by atoms with E-state index in [-0.39, 0.29) is 6.07 Å². The zero-order valence-electron chi connectivity index (χ0n) is 18.7. The molecule has 0 bridgehead atoms. The van der Waals surface area contributed by atoms with Crippen LogP contribution in [-0.2, 0) is 19.1 Å². The van der Waals surface area contributed by atoms with Gasteiger partial charge >= 0.3 is 71.3 Å². The summed E-state index contributed by atoms with van der Waals surface area (Å²) < 4.78 is 249. The average Bonchev–Trinajstić information content (AvgIpc) is 2.98. The van der Waals surface area contributed by atoms with E-state index in [1.54, 1.807) is 0 Å². The average molecular weight is 656 g/mol. The Bertz CT molecular complexity index is 1210. The first kappa shape index (κ1) is 33.3. The molecule has 2 N–H and O–H groups in total. The van der Waals surface area contributed by atoms with E-state index in [1.165, 1.54) is 0 Å². The maximum Gasteiger partial charge on any atom is 0.428 e. The van der Waals surface area contributed by atoms with Gasteiger partial charge in [-0.25, -0.2) is 0 Å². The lowest BCUT2D eigenvalue weighted by Crippen LogP contribution is -2.63. The third-order valence-electron chi connectivity index (χ3n) is 5.62. The second kappa shape index (κ2) is 8.69. The van der Waals surface area contributed by atoms with Crippen LogP contribution in [0.15, 0.2) is 24.3 Å². The molecule has 1 aromatic carbocycles. The van der Waals surface area contributed by atoms with Crippen LogP contribution in [0, 0.1) is 0 Å². The Balaban J connectivity index is 1.87. The number of ether oxygens (including phenoxy) is 2. The highest BCUT2D eigenvalue weighted by Crippen LogP contribution is 2.66. The summed E-state index contributed by atoms with van der Waals surface area (Å²) in [5.74, 6) is -61.7. The highest BCUT2D eigenvalue weighted by atomic mass is 19.4. The van der Waals surface area contributed by atoms with Gasteiger partial charge in [0, 0.05) is 11.4 Å². The molecule has 2 heterocycles. The number of nitrogens with one attached hydrogen (secondary N) is 2. The van der Waals surface area contributed by atoms with Gasteiger partial charge in [0.05, 0.1) is 0 Å². The largest absolute Gasteiger partial charge is 0.428 e. The van der Waals surface area contributed by atoms with E-state index in [9.17, 15) is 88.6 Å². The Hall–Kier alpha value is -3.18. The van der Waals surface area contributed by atoms with Crippen molar-refractivity contribution < 1.29 is 98.1 Å². The van der Waals surface area contributed by atoms with E-state index in [0.29, 0.717) is 18.2 Å². The Morgan fingerprint density at radius 2 is 0.833 bits per heavy atom. The van der Waals surface area contributed by atoms with Crippen LogP contribution >= 0.6 is 0 Å². The lowest BCUT2D eigenvalue weighted by molar-refractivity contribution is -0.366. The van der Waals surface area contributed by atoms with Crippen LogP contribution in [0.4, 0.5) is 90.4 Å². The number of benzene rings is 1. The van der Waals surface area contributed by atoms with E-state index in [0.717, 1.165) is 10.6 Å². The molecule has 42 heavy (non-hydrogen) atoms. The van der Waals surface area contributed by atoms with Gasteiger partial charge in [-0.2, -0.15) is 79.0 Å². The molecule has 1 aromatic rings. The topological polar surface area (TPSA) is 76.7 Å². The predicted molar refractivity (Wildman–Crippen MR) is 93.1 cm³/mol. The van der Waals surface area contributed by atoms with Gasteiger partial charge in [0.15, 0.2) is 0 Å². The van der Waals surface area contributed by atoms with Crippen LogP contribution < -0.4 is 10.6 Å². The summed E-state index contributed by atoms with van der Waals surface area (Å²) in [6.07, 6.45) is -13.2. The first-order valence-corrected chi connectivity index (χ1v) is 9.95. The number of halogens is 18. The van der Waals surface area contributed by atoms with Gasteiger partial charge in [-0.3, -0.25) is 19.1 Å². The zero-order valence-corrected chi connectivity index (χ0v) is 18.7. The van der Waals surface area contributed by atoms with Crippen molar-refractivity contribution in [2.75, 3.05) is 10.6 Å². The quantitative estimate of drug-likeness (QED) is 0.372. The molecule has 0 aromatic heterocycles. The van der Waals surface area contributed by atoms with Crippen LogP contribution in [0.1, 0.15) is 0 Å².